The number of carbonyl (C=O) groups is 1. The summed E-state index contributed by atoms with van der Waals surface area (Å²) in [4.78, 5) is 14.2. The van der Waals surface area contributed by atoms with Gasteiger partial charge in [0.2, 0.25) is 0 Å². The maximum Gasteiger partial charge on any atom is 0.277 e. The number of hydrogen-bond donors (Lipinski definition) is 2. The Balaban J connectivity index is 1.57. The topological polar surface area (TPSA) is 74.2 Å². The lowest BCUT2D eigenvalue weighted by atomic mass is 10.1. The molecule has 0 fully saturated rings. The van der Waals surface area contributed by atoms with E-state index in [0.29, 0.717) is 11.3 Å². The van der Waals surface area contributed by atoms with Crippen LogP contribution in [0.3, 0.4) is 0 Å². The third-order valence-corrected chi connectivity index (χ3v) is 5.54. The number of carbonyl (C=O) groups excluding carboxylic acids is 1. The SMILES string of the molecule is CCN(CC)c1ccc(/C=N/NC(=O)COc2ccc3ccccc3c2Br)c(O)c1. The van der Waals surface area contributed by atoms with Gasteiger partial charge in [-0.2, -0.15) is 5.10 Å². The molecule has 7 heteroatoms. The van der Waals surface area contributed by atoms with E-state index in [0.717, 1.165) is 34.0 Å². The Morgan fingerprint density at radius 1 is 1.17 bits per heavy atom. The average molecular weight is 470 g/mol. The van der Waals surface area contributed by atoms with Crippen LogP contribution in [0.1, 0.15) is 19.4 Å². The molecule has 0 atom stereocenters. The van der Waals surface area contributed by atoms with Crippen LogP contribution in [0.25, 0.3) is 10.8 Å². The van der Waals surface area contributed by atoms with Crippen LogP contribution in [0.4, 0.5) is 5.69 Å². The molecule has 0 heterocycles. The monoisotopic (exact) mass is 469 g/mol. The first kappa shape index (κ1) is 21.6. The van der Waals surface area contributed by atoms with Crippen LogP contribution in [0.2, 0.25) is 0 Å². The number of benzene rings is 3. The minimum Gasteiger partial charge on any atom is -0.507 e. The highest BCUT2D eigenvalue weighted by atomic mass is 79.9. The van der Waals surface area contributed by atoms with Crippen molar-refractivity contribution in [1.29, 1.82) is 0 Å². The molecule has 0 aliphatic carbocycles. The summed E-state index contributed by atoms with van der Waals surface area (Å²) in [5.74, 6) is 0.289. The van der Waals surface area contributed by atoms with Crippen molar-refractivity contribution in [3.8, 4) is 11.5 Å². The molecule has 0 radical (unpaired) electrons. The third kappa shape index (κ3) is 5.10. The van der Waals surface area contributed by atoms with Crippen molar-refractivity contribution in [2.45, 2.75) is 13.8 Å². The summed E-state index contributed by atoms with van der Waals surface area (Å²) in [6.07, 6.45) is 1.41. The number of aromatic hydroxyl groups is 1. The molecule has 0 aromatic heterocycles. The van der Waals surface area contributed by atoms with Gasteiger partial charge in [-0.15, -0.1) is 0 Å². The first-order valence-electron chi connectivity index (χ1n) is 9.73. The number of anilines is 1. The van der Waals surface area contributed by atoms with Gasteiger partial charge >= 0.3 is 0 Å². The molecule has 2 N–H and O–H groups in total. The largest absolute Gasteiger partial charge is 0.507 e. The van der Waals surface area contributed by atoms with Crippen molar-refractivity contribution in [2.24, 2.45) is 5.10 Å². The van der Waals surface area contributed by atoms with E-state index in [1.54, 1.807) is 12.1 Å². The Morgan fingerprint density at radius 3 is 2.67 bits per heavy atom. The van der Waals surface area contributed by atoms with Crippen molar-refractivity contribution >= 4 is 44.5 Å². The molecule has 3 aromatic carbocycles. The van der Waals surface area contributed by atoms with Gasteiger partial charge in [0.15, 0.2) is 6.61 Å². The van der Waals surface area contributed by atoms with Gasteiger partial charge in [0.25, 0.3) is 5.91 Å². The number of phenolic OH excluding ortho intramolecular Hbond substituents is 1. The van der Waals surface area contributed by atoms with E-state index in [4.69, 9.17) is 4.74 Å². The molecule has 0 saturated carbocycles. The summed E-state index contributed by atoms with van der Waals surface area (Å²) < 4.78 is 6.41. The van der Waals surface area contributed by atoms with Crippen LogP contribution in [-0.4, -0.2) is 36.9 Å². The van der Waals surface area contributed by atoms with E-state index in [9.17, 15) is 9.90 Å². The zero-order valence-electron chi connectivity index (χ0n) is 16.9. The van der Waals surface area contributed by atoms with Crippen LogP contribution in [-0.2, 0) is 4.79 Å². The second-order valence-electron chi connectivity index (χ2n) is 6.60. The van der Waals surface area contributed by atoms with Crippen LogP contribution in [0.15, 0.2) is 64.2 Å². The van der Waals surface area contributed by atoms with Crippen LogP contribution < -0.4 is 15.1 Å². The lowest BCUT2D eigenvalue weighted by Crippen LogP contribution is -2.24. The molecular weight excluding hydrogens is 446 g/mol. The molecule has 0 aliphatic heterocycles. The number of halogens is 1. The van der Waals surface area contributed by atoms with Gasteiger partial charge < -0.3 is 14.7 Å². The van der Waals surface area contributed by atoms with Crippen molar-refractivity contribution in [2.75, 3.05) is 24.6 Å². The molecule has 0 bridgehead atoms. The number of nitrogens with one attached hydrogen (secondary N) is 1. The van der Waals surface area contributed by atoms with E-state index in [2.05, 4.69) is 45.2 Å². The van der Waals surface area contributed by atoms with Gasteiger partial charge in [0.05, 0.1) is 10.7 Å². The lowest BCUT2D eigenvalue weighted by molar-refractivity contribution is -0.123. The molecule has 0 unspecified atom stereocenters. The number of hydrogen-bond acceptors (Lipinski definition) is 5. The fourth-order valence-electron chi connectivity index (χ4n) is 3.10. The molecule has 0 spiro atoms. The first-order valence-corrected chi connectivity index (χ1v) is 10.5. The highest BCUT2D eigenvalue weighted by Crippen LogP contribution is 2.33. The molecule has 0 aliphatic rings. The second-order valence-corrected chi connectivity index (χ2v) is 7.39. The summed E-state index contributed by atoms with van der Waals surface area (Å²) in [5.41, 5.74) is 3.87. The van der Waals surface area contributed by atoms with Gasteiger partial charge in [-0.1, -0.05) is 30.3 Å². The lowest BCUT2D eigenvalue weighted by Gasteiger charge is -2.21. The number of amides is 1. The Kier molecular flexibility index (Phi) is 7.30. The van der Waals surface area contributed by atoms with Gasteiger partial charge in [0, 0.05) is 30.4 Å². The number of nitrogens with zero attached hydrogens (tertiary/aromatic N) is 2. The highest BCUT2D eigenvalue weighted by Gasteiger charge is 2.09. The molecule has 0 saturated heterocycles. The van der Waals surface area contributed by atoms with Gasteiger partial charge in [0.1, 0.15) is 11.5 Å². The van der Waals surface area contributed by atoms with Gasteiger partial charge in [-0.25, -0.2) is 5.43 Å². The average Bonchev–Trinajstić information content (AvgIpc) is 2.76. The van der Waals surface area contributed by atoms with Crippen molar-refractivity contribution in [3.05, 3.63) is 64.6 Å². The number of ether oxygens (including phenoxy) is 1. The van der Waals surface area contributed by atoms with Crippen LogP contribution in [0.5, 0.6) is 11.5 Å². The Labute approximate surface area is 184 Å². The predicted molar refractivity (Wildman–Crippen MR) is 125 cm³/mol. The van der Waals surface area contributed by atoms with Gasteiger partial charge in [-0.05, 0) is 58.7 Å². The summed E-state index contributed by atoms with van der Waals surface area (Å²) >= 11 is 3.53. The molecule has 3 rings (SSSR count). The van der Waals surface area contributed by atoms with E-state index < -0.39 is 5.91 Å². The first-order chi connectivity index (χ1) is 14.5. The van der Waals surface area contributed by atoms with Crippen LogP contribution in [0, 0.1) is 0 Å². The quantitative estimate of drug-likeness (QED) is 0.370. The Hall–Kier alpha value is -3.06. The van der Waals surface area contributed by atoms with E-state index in [1.807, 2.05) is 42.5 Å². The number of fused-ring (bicyclic) bond motifs is 1. The van der Waals surface area contributed by atoms with E-state index >= 15 is 0 Å². The summed E-state index contributed by atoms with van der Waals surface area (Å²) in [7, 11) is 0. The van der Waals surface area contributed by atoms with E-state index in [-0.39, 0.29) is 12.4 Å². The zero-order chi connectivity index (χ0) is 21.5. The van der Waals surface area contributed by atoms with Crippen molar-refractivity contribution in [1.82, 2.24) is 5.43 Å². The fourth-order valence-corrected chi connectivity index (χ4v) is 3.71. The third-order valence-electron chi connectivity index (χ3n) is 4.72. The standard InChI is InChI=1S/C23H24BrN3O3/c1-3-27(4-2)18-11-9-17(20(28)13-18)14-25-26-22(29)15-30-21-12-10-16-7-5-6-8-19(16)23(21)24/h5-14,28H,3-4,15H2,1-2H3,(H,26,29)/b25-14+. The number of phenols is 1. The molecule has 3 aromatic rings. The van der Waals surface area contributed by atoms with E-state index in [1.165, 1.54) is 6.21 Å². The highest BCUT2D eigenvalue weighted by molar-refractivity contribution is 9.10. The maximum absolute atomic E-state index is 12.1. The summed E-state index contributed by atoms with van der Waals surface area (Å²) in [6.45, 7) is 5.65. The summed E-state index contributed by atoms with van der Waals surface area (Å²) in [5, 5.41) is 16.2. The maximum atomic E-state index is 12.1. The van der Waals surface area contributed by atoms with Crippen molar-refractivity contribution in [3.63, 3.8) is 0 Å². The molecule has 1 amide bonds. The molecule has 30 heavy (non-hydrogen) atoms. The Bertz CT molecular complexity index is 1060. The second kappa shape index (κ2) is 10.1. The number of rotatable bonds is 8. The smallest absolute Gasteiger partial charge is 0.277 e. The predicted octanol–water partition coefficient (Wildman–Crippen LogP) is 4.68. The van der Waals surface area contributed by atoms with Gasteiger partial charge in [-0.3, -0.25) is 4.79 Å². The normalized spacial score (nSPS) is 11.0. The van der Waals surface area contributed by atoms with Crippen LogP contribution >= 0.6 is 15.9 Å². The zero-order valence-corrected chi connectivity index (χ0v) is 18.5. The van der Waals surface area contributed by atoms with Crippen molar-refractivity contribution < 1.29 is 14.6 Å². The molecule has 156 valence electrons. The fraction of sp³-hybridized carbons (Fsp3) is 0.217. The summed E-state index contributed by atoms with van der Waals surface area (Å²) in [6, 6.07) is 17.0. The minimum atomic E-state index is -0.398. The molecular formula is C23H24BrN3O3. The molecule has 6 nitrogen and oxygen atoms in total. The minimum absolute atomic E-state index is 0.105. The Morgan fingerprint density at radius 2 is 1.93 bits per heavy atom. The number of hydrazone groups is 1.